The maximum absolute atomic E-state index is 14.0. The molecule has 0 atom stereocenters. The molecule has 3 aromatic rings. The van der Waals surface area contributed by atoms with Crippen LogP contribution in [0.5, 0.6) is 0 Å². The fraction of sp³-hybridized carbons (Fsp3) is 0.158. The Labute approximate surface area is 153 Å². The van der Waals surface area contributed by atoms with Crippen LogP contribution in [0.3, 0.4) is 0 Å². The smallest absolute Gasteiger partial charge is 0.256 e. The predicted molar refractivity (Wildman–Crippen MR) is 100 cm³/mol. The first kappa shape index (κ1) is 18.2. The molecule has 138 valence electrons. The van der Waals surface area contributed by atoms with Gasteiger partial charge >= 0.3 is 17.1 Å². The Morgan fingerprint density at radius 3 is 2.15 bits per heavy atom. The molecule has 0 N–H and O–H groups in total. The monoisotopic (exact) mass is 368 g/mol. The standard InChI is InChI=1S/C19H17FN4O3/c1-3-8-22-17(25)23(9-4-2)19(27)24(18(22)26)12-14-11-15(20)10-13-6-5-7-21-16(13)14/h3-7,10-11H,1-2,8-9,12H2. The molecule has 0 amide bonds. The lowest BCUT2D eigenvalue weighted by Gasteiger charge is -2.13. The second kappa shape index (κ2) is 7.36. The van der Waals surface area contributed by atoms with E-state index in [1.165, 1.54) is 24.3 Å². The number of pyridine rings is 1. The summed E-state index contributed by atoms with van der Waals surface area (Å²) in [6.45, 7) is 6.71. The molecule has 0 unspecified atom stereocenters. The first-order valence-electron chi connectivity index (χ1n) is 8.17. The highest BCUT2D eigenvalue weighted by Gasteiger charge is 2.16. The van der Waals surface area contributed by atoms with Crippen LogP contribution in [0.1, 0.15) is 5.56 Å². The molecule has 0 saturated heterocycles. The zero-order valence-electron chi connectivity index (χ0n) is 14.5. The highest BCUT2D eigenvalue weighted by Crippen LogP contribution is 2.18. The summed E-state index contributed by atoms with van der Waals surface area (Å²) < 4.78 is 16.7. The Morgan fingerprint density at radius 2 is 1.56 bits per heavy atom. The quantitative estimate of drug-likeness (QED) is 0.614. The zero-order valence-corrected chi connectivity index (χ0v) is 14.5. The summed E-state index contributed by atoms with van der Waals surface area (Å²) >= 11 is 0. The second-order valence-electron chi connectivity index (χ2n) is 5.87. The summed E-state index contributed by atoms with van der Waals surface area (Å²) in [7, 11) is 0. The van der Waals surface area contributed by atoms with E-state index in [9.17, 15) is 18.8 Å². The summed E-state index contributed by atoms with van der Waals surface area (Å²) in [4.78, 5) is 42.0. The van der Waals surface area contributed by atoms with Crippen molar-refractivity contribution in [2.24, 2.45) is 0 Å². The van der Waals surface area contributed by atoms with Crippen LogP contribution in [-0.2, 0) is 19.6 Å². The van der Waals surface area contributed by atoms with Crippen molar-refractivity contribution in [3.63, 3.8) is 0 Å². The fourth-order valence-electron chi connectivity index (χ4n) is 2.91. The largest absolute Gasteiger partial charge is 0.336 e. The summed E-state index contributed by atoms with van der Waals surface area (Å²) in [6.07, 6.45) is 4.31. The van der Waals surface area contributed by atoms with Gasteiger partial charge in [-0.15, -0.1) is 13.2 Å². The third-order valence-electron chi connectivity index (χ3n) is 4.09. The minimum absolute atomic E-state index is 0.0583. The molecule has 0 radical (unpaired) electrons. The Hall–Kier alpha value is -3.55. The molecule has 7 nitrogen and oxygen atoms in total. The lowest BCUT2D eigenvalue weighted by Crippen LogP contribution is -2.54. The number of halogens is 1. The molecule has 0 spiro atoms. The van der Waals surface area contributed by atoms with Gasteiger partial charge in [0.05, 0.1) is 25.2 Å². The molecular weight excluding hydrogens is 351 g/mol. The SMILES string of the molecule is C=CCn1c(=O)n(CC=C)c(=O)n(Cc2cc(F)cc3cccnc23)c1=O. The first-order chi connectivity index (χ1) is 13.0. The molecule has 0 saturated carbocycles. The Kier molecular flexibility index (Phi) is 4.98. The van der Waals surface area contributed by atoms with Crippen molar-refractivity contribution in [1.29, 1.82) is 0 Å². The van der Waals surface area contributed by atoms with Gasteiger partial charge in [-0.05, 0) is 18.2 Å². The van der Waals surface area contributed by atoms with E-state index in [1.54, 1.807) is 18.3 Å². The summed E-state index contributed by atoms with van der Waals surface area (Å²) in [5, 5.41) is 0.548. The Bertz CT molecular complexity index is 1170. The number of benzene rings is 1. The van der Waals surface area contributed by atoms with Crippen LogP contribution in [0.2, 0.25) is 0 Å². The molecule has 27 heavy (non-hydrogen) atoms. The number of rotatable bonds is 6. The van der Waals surface area contributed by atoms with Crippen molar-refractivity contribution >= 4 is 10.9 Å². The van der Waals surface area contributed by atoms with Gasteiger partial charge in [-0.1, -0.05) is 18.2 Å². The van der Waals surface area contributed by atoms with Crippen molar-refractivity contribution in [2.45, 2.75) is 19.6 Å². The molecular formula is C19H17FN4O3. The van der Waals surface area contributed by atoms with Gasteiger partial charge in [-0.25, -0.2) is 32.5 Å². The lowest BCUT2D eigenvalue weighted by molar-refractivity contribution is 0.498. The van der Waals surface area contributed by atoms with Crippen LogP contribution in [0, 0.1) is 5.82 Å². The molecule has 8 heteroatoms. The highest BCUT2D eigenvalue weighted by atomic mass is 19.1. The van der Waals surface area contributed by atoms with Crippen molar-refractivity contribution < 1.29 is 4.39 Å². The minimum Gasteiger partial charge on any atom is -0.256 e. The Morgan fingerprint density at radius 1 is 0.963 bits per heavy atom. The van der Waals surface area contributed by atoms with Crippen LogP contribution in [0.15, 0.2) is 70.2 Å². The predicted octanol–water partition coefficient (Wildman–Crippen LogP) is 1.28. The highest BCUT2D eigenvalue weighted by molar-refractivity contribution is 5.81. The average Bonchev–Trinajstić information content (AvgIpc) is 2.65. The van der Waals surface area contributed by atoms with Crippen LogP contribution in [-0.4, -0.2) is 18.7 Å². The lowest BCUT2D eigenvalue weighted by atomic mass is 10.1. The van der Waals surface area contributed by atoms with E-state index in [1.807, 2.05) is 0 Å². The molecule has 0 fully saturated rings. The molecule has 0 aliphatic rings. The normalized spacial score (nSPS) is 10.9. The number of allylic oxidation sites excluding steroid dienone is 2. The van der Waals surface area contributed by atoms with E-state index >= 15 is 0 Å². The van der Waals surface area contributed by atoms with E-state index in [2.05, 4.69) is 18.1 Å². The number of hydrogen-bond donors (Lipinski definition) is 0. The molecule has 1 aromatic carbocycles. The van der Waals surface area contributed by atoms with E-state index in [0.717, 1.165) is 13.7 Å². The third kappa shape index (κ3) is 3.29. The molecule has 0 bridgehead atoms. The van der Waals surface area contributed by atoms with Crippen LogP contribution in [0.25, 0.3) is 10.9 Å². The molecule has 3 rings (SSSR count). The molecule has 2 aromatic heterocycles. The van der Waals surface area contributed by atoms with E-state index < -0.39 is 22.9 Å². The fourth-order valence-corrected chi connectivity index (χ4v) is 2.91. The van der Waals surface area contributed by atoms with Gasteiger partial charge in [0.15, 0.2) is 0 Å². The van der Waals surface area contributed by atoms with Gasteiger partial charge in [0.1, 0.15) is 5.82 Å². The van der Waals surface area contributed by atoms with Gasteiger partial charge in [0, 0.05) is 17.1 Å². The van der Waals surface area contributed by atoms with E-state index in [4.69, 9.17) is 0 Å². The first-order valence-corrected chi connectivity index (χ1v) is 8.17. The number of nitrogens with zero attached hydrogens (tertiary/aromatic N) is 4. The van der Waals surface area contributed by atoms with E-state index in [0.29, 0.717) is 16.5 Å². The summed E-state index contributed by atoms with van der Waals surface area (Å²) in [5.74, 6) is -0.510. The number of fused-ring (bicyclic) bond motifs is 1. The van der Waals surface area contributed by atoms with Crippen molar-refractivity contribution in [2.75, 3.05) is 0 Å². The minimum atomic E-state index is -0.793. The molecule has 0 aliphatic carbocycles. The van der Waals surface area contributed by atoms with Crippen LogP contribution < -0.4 is 17.1 Å². The zero-order chi connectivity index (χ0) is 19.6. The van der Waals surface area contributed by atoms with Gasteiger partial charge in [-0.2, -0.15) is 0 Å². The molecule has 2 heterocycles. The van der Waals surface area contributed by atoms with Gasteiger partial charge in [0.2, 0.25) is 0 Å². The number of hydrogen-bond acceptors (Lipinski definition) is 4. The van der Waals surface area contributed by atoms with Gasteiger partial charge in [-0.3, -0.25) is 4.98 Å². The van der Waals surface area contributed by atoms with Crippen molar-refractivity contribution in [1.82, 2.24) is 18.7 Å². The van der Waals surface area contributed by atoms with Gasteiger partial charge < -0.3 is 0 Å². The summed E-state index contributed by atoms with van der Waals surface area (Å²) in [6, 6.07) is 5.90. The maximum atomic E-state index is 14.0. The van der Waals surface area contributed by atoms with Crippen LogP contribution >= 0.6 is 0 Å². The molecule has 0 aliphatic heterocycles. The topological polar surface area (TPSA) is 78.9 Å². The maximum Gasteiger partial charge on any atom is 0.336 e. The van der Waals surface area contributed by atoms with Crippen molar-refractivity contribution in [3.05, 3.63) is 98.6 Å². The third-order valence-corrected chi connectivity index (χ3v) is 4.09. The van der Waals surface area contributed by atoms with Gasteiger partial charge in [0.25, 0.3) is 0 Å². The second-order valence-corrected chi connectivity index (χ2v) is 5.87. The number of aromatic nitrogens is 4. The van der Waals surface area contributed by atoms with E-state index in [-0.39, 0.29) is 19.6 Å². The Balaban J connectivity index is 2.28. The summed E-state index contributed by atoms with van der Waals surface area (Å²) in [5.41, 5.74) is -1.50. The average molecular weight is 368 g/mol. The van der Waals surface area contributed by atoms with Crippen molar-refractivity contribution in [3.8, 4) is 0 Å². The van der Waals surface area contributed by atoms with Crippen LogP contribution in [0.4, 0.5) is 4.39 Å².